The molecule has 1 aliphatic heterocycles. The van der Waals surface area contributed by atoms with Crippen molar-refractivity contribution in [1.82, 2.24) is 9.47 Å². The third-order valence-corrected chi connectivity index (χ3v) is 7.21. The fraction of sp³-hybridized carbons (Fsp3) is 0.407. The molecule has 2 aromatic rings. The van der Waals surface area contributed by atoms with Crippen molar-refractivity contribution < 1.29 is 9.59 Å². The van der Waals surface area contributed by atoms with Gasteiger partial charge in [0, 0.05) is 42.7 Å². The largest absolute Gasteiger partial charge is 0.342 e. The molecule has 1 N–H and O–H groups in total. The van der Waals surface area contributed by atoms with Crippen LogP contribution in [0.3, 0.4) is 0 Å². The summed E-state index contributed by atoms with van der Waals surface area (Å²) in [5.41, 5.74) is 3.17. The van der Waals surface area contributed by atoms with Crippen molar-refractivity contribution in [3.8, 4) is 6.07 Å². The third kappa shape index (κ3) is 5.49. The molecule has 7 nitrogen and oxygen atoms in total. The summed E-state index contributed by atoms with van der Waals surface area (Å²) in [6.07, 6.45) is 7.89. The van der Waals surface area contributed by atoms with E-state index >= 15 is 0 Å². The molecule has 0 spiro atoms. The molecule has 2 amide bonds. The minimum atomic E-state index is -0.471. The molecule has 35 heavy (non-hydrogen) atoms. The number of carbonyl (C=O) groups is 2. The van der Waals surface area contributed by atoms with Gasteiger partial charge in [-0.05, 0) is 61.9 Å². The van der Waals surface area contributed by atoms with Crippen LogP contribution in [0.15, 0.2) is 34.6 Å². The standard InChI is InChI=1S/C27H29ClN4O3/c1-17-11-22(28)13-20(12-18-7-9-32(10-8-18)27(35)19-5-3-4-6-19)25(17)30-26(34)21-14-23(16-29)31(2)24(33)15-21/h11-15,19H,3-10H2,1-2H3,(H,30,34). The van der Waals surface area contributed by atoms with Crippen LogP contribution < -0.4 is 10.9 Å². The van der Waals surface area contributed by atoms with E-state index in [1.165, 1.54) is 29.3 Å². The van der Waals surface area contributed by atoms with Crippen LogP contribution in [0.1, 0.15) is 65.7 Å². The summed E-state index contributed by atoms with van der Waals surface area (Å²) in [6.45, 7) is 3.26. The van der Waals surface area contributed by atoms with Gasteiger partial charge in [0.2, 0.25) is 5.91 Å². The first-order valence-electron chi connectivity index (χ1n) is 12.0. The SMILES string of the molecule is Cc1cc(Cl)cc(C=C2CCN(C(=O)C3CCCC3)CC2)c1NC(=O)c1cc(C#N)n(C)c(=O)c1. The monoisotopic (exact) mass is 492 g/mol. The molecule has 1 aromatic carbocycles. The number of hydrogen-bond donors (Lipinski definition) is 1. The molecular formula is C27H29ClN4O3. The highest BCUT2D eigenvalue weighted by molar-refractivity contribution is 6.31. The maximum Gasteiger partial charge on any atom is 0.255 e. The second-order valence-electron chi connectivity index (χ2n) is 9.39. The van der Waals surface area contributed by atoms with Gasteiger partial charge in [0.25, 0.3) is 11.5 Å². The van der Waals surface area contributed by atoms with Gasteiger partial charge in [0.05, 0.1) is 5.69 Å². The maximum atomic E-state index is 13.0. The molecule has 0 atom stereocenters. The average Bonchev–Trinajstić information content (AvgIpc) is 3.38. The molecule has 1 saturated carbocycles. The van der Waals surface area contributed by atoms with E-state index in [-0.39, 0.29) is 17.2 Å². The third-order valence-electron chi connectivity index (χ3n) is 6.99. The Labute approximate surface area is 210 Å². The van der Waals surface area contributed by atoms with E-state index in [1.807, 2.05) is 24.0 Å². The van der Waals surface area contributed by atoms with Gasteiger partial charge < -0.3 is 14.8 Å². The Morgan fingerprint density at radius 1 is 1.14 bits per heavy atom. The number of halogens is 1. The number of piperidine rings is 1. The molecule has 1 aliphatic carbocycles. The van der Waals surface area contributed by atoms with Crippen LogP contribution in [0.5, 0.6) is 0 Å². The van der Waals surface area contributed by atoms with Crippen LogP contribution in [-0.4, -0.2) is 34.4 Å². The van der Waals surface area contributed by atoms with Gasteiger partial charge in [0.15, 0.2) is 0 Å². The minimum absolute atomic E-state index is 0.108. The van der Waals surface area contributed by atoms with Gasteiger partial charge in [-0.3, -0.25) is 14.4 Å². The Kier molecular flexibility index (Phi) is 7.42. The lowest BCUT2D eigenvalue weighted by atomic mass is 9.97. The number of amides is 2. The number of rotatable bonds is 4. The lowest BCUT2D eigenvalue weighted by Gasteiger charge is -2.30. The van der Waals surface area contributed by atoms with E-state index in [2.05, 4.69) is 5.32 Å². The summed E-state index contributed by atoms with van der Waals surface area (Å²) in [4.78, 5) is 39.9. The molecule has 2 aliphatic rings. The molecule has 4 rings (SSSR count). The quantitative estimate of drug-likeness (QED) is 0.671. The number of hydrogen-bond acceptors (Lipinski definition) is 4. The zero-order chi connectivity index (χ0) is 25.1. The Morgan fingerprint density at radius 3 is 2.49 bits per heavy atom. The van der Waals surface area contributed by atoms with Crippen molar-refractivity contribution in [1.29, 1.82) is 5.26 Å². The Balaban J connectivity index is 1.54. The number of aromatic nitrogens is 1. The van der Waals surface area contributed by atoms with Crippen LogP contribution in [0.25, 0.3) is 6.08 Å². The lowest BCUT2D eigenvalue weighted by Crippen LogP contribution is -2.39. The van der Waals surface area contributed by atoms with Crippen molar-refractivity contribution >= 4 is 35.2 Å². The number of carbonyl (C=O) groups excluding carboxylic acids is 2. The number of nitriles is 1. The number of benzene rings is 1. The lowest BCUT2D eigenvalue weighted by molar-refractivity contribution is -0.135. The van der Waals surface area contributed by atoms with Gasteiger partial charge in [-0.2, -0.15) is 5.26 Å². The number of nitrogens with one attached hydrogen (secondary N) is 1. The van der Waals surface area contributed by atoms with E-state index in [9.17, 15) is 19.6 Å². The molecule has 8 heteroatoms. The molecule has 2 heterocycles. The second kappa shape index (κ2) is 10.5. The summed E-state index contributed by atoms with van der Waals surface area (Å²) in [6, 6.07) is 8.13. The highest BCUT2D eigenvalue weighted by Crippen LogP contribution is 2.32. The average molecular weight is 493 g/mol. The highest BCUT2D eigenvalue weighted by Gasteiger charge is 2.28. The zero-order valence-corrected chi connectivity index (χ0v) is 20.8. The van der Waals surface area contributed by atoms with Crippen molar-refractivity contribution in [3.05, 3.63) is 67.6 Å². The fourth-order valence-corrected chi connectivity index (χ4v) is 5.20. The summed E-state index contributed by atoms with van der Waals surface area (Å²) in [7, 11) is 1.49. The number of anilines is 1. The number of nitrogens with zero attached hydrogens (tertiary/aromatic N) is 3. The zero-order valence-electron chi connectivity index (χ0n) is 20.1. The van der Waals surface area contributed by atoms with Gasteiger partial charge >= 0.3 is 0 Å². The van der Waals surface area contributed by atoms with Crippen molar-refractivity contribution in [3.63, 3.8) is 0 Å². The summed E-state index contributed by atoms with van der Waals surface area (Å²) in [5.74, 6) is 0.00869. The maximum absolute atomic E-state index is 13.0. The van der Waals surface area contributed by atoms with E-state index < -0.39 is 11.5 Å². The molecule has 1 saturated heterocycles. The fourth-order valence-electron chi connectivity index (χ4n) is 4.92. The molecule has 2 fully saturated rings. The summed E-state index contributed by atoms with van der Waals surface area (Å²) in [5, 5.41) is 12.7. The van der Waals surface area contributed by atoms with Crippen LogP contribution in [0.2, 0.25) is 5.02 Å². The van der Waals surface area contributed by atoms with Crippen LogP contribution in [-0.2, 0) is 11.8 Å². The first-order chi connectivity index (χ1) is 16.8. The van der Waals surface area contributed by atoms with Gasteiger partial charge in [-0.1, -0.05) is 36.1 Å². The highest BCUT2D eigenvalue weighted by atomic mass is 35.5. The minimum Gasteiger partial charge on any atom is -0.342 e. The molecule has 0 unspecified atom stereocenters. The molecule has 1 aromatic heterocycles. The number of likely N-dealkylation sites (tertiary alicyclic amines) is 1. The van der Waals surface area contributed by atoms with Gasteiger partial charge in [-0.15, -0.1) is 0 Å². The van der Waals surface area contributed by atoms with E-state index in [0.29, 0.717) is 29.7 Å². The van der Waals surface area contributed by atoms with E-state index in [0.717, 1.165) is 49.7 Å². The topological polar surface area (TPSA) is 95.2 Å². The van der Waals surface area contributed by atoms with Crippen LogP contribution in [0, 0.1) is 24.2 Å². The second-order valence-corrected chi connectivity index (χ2v) is 9.83. The summed E-state index contributed by atoms with van der Waals surface area (Å²) >= 11 is 6.33. The number of pyridine rings is 1. The first-order valence-corrected chi connectivity index (χ1v) is 12.4. The van der Waals surface area contributed by atoms with E-state index in [4.69, 9.17) is 11.6 Å². The molecule has 182 valence electrons. The molecule has 0 radical (unpaired) electrons. The smallest absolute Gasteiger partial charge is 0.255 e. The van der Waals surface area contributed by atoms with E-state index in [1.54, 1.807) is 12.1 Å². The van der Waals surface area contributed by atoms with Crippen LogP contribution >= 0.6 is 11.6 Å². The Bertz CT molecular complexity index is 1290. The molecular weight excluding hydrogens is 464 g/mol. The number of aryl methyl sites for hydroxylation is 1. The predicted molar refractivity (Wildman–Crippen MR) is 136 cm³/mol. The van der Waals surface area contributed by atoms with Crippen molar-refractivity contribution in [2.75, 3.05) is 18.4 Å². The Hall–Kier alpha value is -3.37. The van der Waals surface area contributed by atoms with Crippen molar-refractivity contribution in [2.45, 2.75) is 45.4 Å². The van der Waals surface area contributed by atoms with Gasteiger partial charge in [-0.25, -0.2) is 0 Å². The Morgan fingerprint density at radius 2 is 1.83 bits per heavy atom. The van der Waals surface area contributed by atoms with Crippen molar-refractivity contribution in [2.24, 2.45) is 13.0 Å². The normalized spacial score (nSPS) is 16.2. The molecule has 0 bridgehead atoms. The summed E-state index contributed by atoms with van der Waals surface area (Å²) < 4.78 is 1.20. The first kappa shape index (κ1) is 24.7. The van der Waals surface area contributed by atoms with Crippen LogP contribution in [0.4, 0.5) is 5.69 Å². The predicted octanol–water partition coefficient (Wildman–Crippen LogP) is 4.67. The van der Waals surface area contributed by atoms with Gasteiger partial charge in [0.1, 0.15) is 11.8 Å².